The highest BCUT2D eigenvalue weighted by molar-refractivity contribution is 8.14. The van der Waals surface area contributed by atoms with Crippen LogP contribution >= 0.6 is 11.8 Å². The molecule has 7 heteroatoms. The molecule has 90 valence electrons. The van der Waals surface area contributed by atoms with Crippen molar-refractivity contribution in [3.8, 4) is 0 Å². The van der Waals surface area contributed by atoms with Crippen LogP contribution in [0.3, 0.4) is 0 Å². The molecule has 0 fully saturated rings. The van der Waals surface area contributed by atoms with E-state index in [1.807, 2.05) is 0 Å². The zero-order chi connectivity index (χ0) is 12.5. The Hall–Kier alpha value is -0.270. The second-order valence-electron chi connectivity index (χ2n) is 4.64. The minimum Gasteiger partial charge on any atom is -0.379 e. The third-order valence-corrected chi connectivity index (χ3v) is 4.39. The molecule has 0 saturated carbocycles. The van der Waals surface area contributed by atoms with E-state index >= 15 is 0 Å². The molecule has 0 aromatic rings. The van der Waals surface area contributed by atoms with Crippen LogP contribution in [0, 0.1) is 5.41 Å². The number of rotatable bonds is 4. The first-order valence-electron chi connectivity index (χ1n) is 4.37. The van der Waals surface area contributed by atoms with E-state index in [1.165, 1.54) is 13.8 Å². The Morgan fingerprint density at radius 2 is 1.80 bits per heavy atom. The standard InChI is InChI=1S/C8H18N2O3S2/c1-7(2,14-6(9)10)5-8(3,4)15(11,12)13/h5H2,1-4H3,(H3,9,10)(H,11,12,13). The highest BCUT2D eigenvalue weighted by Gasteiger charge is 2.39. The average Bonchev–Trinajstić information content (AvgIpc) is 1.75. The van der Waals surface area contributed by atoms with Crippen molar-refractivity contribution in [2.24, 2.45) is 5.73 Å². The number of thioether (sulfide) groups is 1. The highest BCUT2D eigenvalue weighted by Crippen LogP contribution is 2.35. The molecule has 5 nitrogen and oxygen atoms in total. The Balaban J connectivity index is 4.80. The summed E-state index contributed by atoms with van der Waals surface area (Å²) in [4.78, 5) is 0. The summed E-state index contributed by atoms with van der Waals surface area (Å²) in [7, 11) is -4.10. The van der Waals surface area contributed by atoms with Crippen molar-refractivity contribution < 1.29 is 13.0 Å². The zero-order valence-corrected chi connectivity index (χ0v) is 11.0. The van der Waals surface area contributed by atoms with E-state index in [0.29, 0.717) is 0 Å². The summed E-state index contributed by atoms with van der Waals surface area (Å²) >= 11 is 1.09. The van der Waals surface area contributed by atoms with E-state index in [-0.39, 0.29) is 11.6 Å². The highest BCUT2D eigenvalue weighted by atomic mass is 32.2. The van der Waals surface area contributed by atoms with Crippen LogP contribution in [-0.2, 0) is 10.1 Å². The third-order valence-electron chi connectivity index (χ3n) is 1.94. The van der Waals surface area contributed by atoms with Gasteiger partial charge in [0.2, 0.25) is 0 Å². The molecule has 0 aliphatic heterocycles. The molecule has 0 rings (SSSR count). The number of nitrogens with two attached hydrogens (primary N) is 1. The van der Waals surface area contributed by atoms with Gasteiger partial charge in [0.05, 0.1) is 4.75 Å². The van der Waals surface area contributed by atoms with Crippen LogP contribution in [-0.4, -0.2) is 27.6 Å². The van der Waals surface area contributed by atoms with Crippen LogP contribution in [0.25, 0.3) is 0 Å². The summed E-state index contributed by atoms with van der Waals surface area (Å²) in [6.45, 7) is 6.47. The largest absolute Gasteiger partial charge is 0.379 e. The monoisotopic (exact) mass is 254 g/mol. The molecule has 0 spiro atoms. The molecule has 0 amide bonds. The molecule has 0 aromatic carbocycles. The van der Waals surface area contributed by atoms with Gasteiger partial charge in [-0.05, 0) is 20.3 Å². The molecule has 0 aliphatic rings. The molecule has 0 aromatic heterocycles. The van der Waals surface area contributed by atoms with E-state index in [4.69, 9.17) is 15.7 Å². The molecule has 0 bridgehead atoms. The first-order valence-corrected chi connectivity index (χ1v) is 6.63. The predicted molar refractivity (Wildman–Crippen MR) is 63.8 cm³/mol. The maximum absolute atomic E-state index is 11.1. The second kappa shape index (κ2) is 4.31. The molecule has 15 heavy (non-hydrogen) atoms. The lowest BCUT2D eigenvalue weighted by Crippen LogP contribution is -2.38. The van der Waals surface area contributed by atoms with E-state index in [2.05, 4.69) is 0 Å². The summed E-state index contributed by atoms with van der Waals surface area (Å²) in [5.41, 5.74) is 5.24. The summed E-state index contributed by atoms with van der Waals surface area (Å²) < 4.78 is 29.4. The SMILES string of the molecule is CC(C)(CC(C)(C)S(=O)(=O)O)SC(=N)N. The van der Waals surface area contributed by atoms with Gasteiger partial charge in [0.1, 0.15) is 0 Å². The molecule has 0 aliphatic carbocycles. The Morgan fingerprint density at radius 1 is 1.40 bits per heavy atom. The predicted octanol–water partition coefficient (Wildman–Crippen LogP) is 1.45. The van der Waals surface area contributed by atoms with Gasteiger partial charge in [-0.3, -0.25) is 9.96 Å². The van der Waals surface area contributed by atoms with Crippen molar-refractivity contribution in [1.82, 2.24) is 0 Å². The lowest BCUT2D eigenvalue weighted by Gasteiger charge is -2.31. The molecule has 0 heterocycles. The maximum atomic E-state index is 11.1. The van der Waals surface area contributed by atoms with E-state index in [0.717, 1.165) is 11.8 Å². The minimum absolute atomic E-state index is 0.0638. The molecule has 0 unspecified atom stereocenters. The first kappa shape index (κ1) is 14.7. The van der Waals surface area contributed by atoms with E-state index in [1.54, 1.807) is 13.8 Å². The van der Waals surface area contributed by atoms with Crippen molar-refractivity contribution in [1.29, 1.82) is 5.41 Å². The summed E-state index contributed by atoms with van der Waals surface area (Å²) in [6, 6.07) is 0. The number of nitrogens with one attached hydrogen (secondary N) is 1. The molecule has 0 saturated heterocycles. The quantitative estimate of drug-likeness (QED) is 0.400. The fourth-order valence-electron chi connectivity index (χ4n) is 1.45. The van der Waals surface area contributed by atoms with Crippen LogP contribution in [0.15, 0.2) is 0 Å². The molecule has 4 N–H and O–H groups in total. The molecule has 0 radical (unpaired) electrons. The number of hydrogen-bond acceptors (Lipinski definition) is 4. The van der Waals surface area contributed by atoms with Crippen molar-refractivity contribution in [2.75, 3.05) is 0 Å². The van der Waals surface area contributed by atoms with Gasteiger partial charge >= 0.3 is 0 Å². The van der Waals surface area contributed by atoms with Crippen LogP contribution < -0.4 is 5.73 Å². The van der Waals surface area contributed by atoms with Crippen molar-refractivity contribution in [3.63, 3.8) is 0 Å². The lowest BCUT2D eigenvalue weighted by atomic mass is 9.99. The lowest BCUT2D eigenvalue weighted by molar-refractivity contribution is 0.415. The van der Waals surface area contributed by atoms with Crippen LogP contribution in [0.2, 0.25) is 0 Å². The van der Waals surface area contributed by atoms with Crippen molar-refractivity contribution in [3.05, 3.63) is 0 Å². The third kappa shape index (κ3) is 4.85. The number of hydrogen-bond donors (Lipinski definition) is 3. The Bertz CT molecular complexity index is 347. The van der Waals surface area contributed by atoms with Gasteiger partial charge in [0, 0.05) is 4.75 Å². The van der Waals surface area contributed by atoms with E-state index < -0.39 is 19.6 Å². The number of amidine groups is 1. The average molecular weight is 254 g/mol. The summed E-state index contributed by atoms with van der Waals surface area (Å²) in [5.74, 6) is 0. The van der Waals surface area contributed by atoms with Crippen LogP contribution in [0.5, 0.6) is 0 Å². The van der Waals surface area contributed by atoms with E-state index in [9.17, 15) is 8.42 Å². The summed E-state index contributed by atoms with van der Waals surface area (Å²) in [6.07, 6.45) is 0.211. The first-order chi connectivity index (χ1) is 6.37. The molecular weight excluding hydrogens is 236 g/mol. The fraction of sp³-hybridized carbons (Fsp3) is 0.875. The minimum atomic E-state index is -4.10. The normalized spacial score (nSPS) is 13.9. The van der Waals surface area contributed by atoms with Gasteiger partial charge in [-0.25, -0.2) is 0 Å². The van der Waals surface area contributed by atoms with Gasteiger partial charge < -0.3 is 5.73 Å². The van der Waals surface area contributed by atoms with Gasteiger partial charge in [-0.15, -0.1) is 0 Å². The Morgan fingerprint density at radius 3 is 2.07 bits per heavy atom. The fourth-order valence-corrected chi connectivity index (χ4v) is 3.11. The zero-order valence-electron chi connectivity index (χ0n) is 9.36. The Labute approximate surface area is 95.1 Å². The van der Waals surface area contributed by atoms with Crippen LogP contribution in [0.4, 0.5) is 0 Å². The van der Waals surface area contributed by atoms with Gasteiger partial charge in [0.25, 0.3) is 10.1 Å². The van der Waals surface area contributed by atoms with Crippen molar-refractivity contribution >= 4 is 27.0 Å². The summed E-state index contributed by atoms with van der Waals surface area (Å²) in [5, 5.41) is 7.08. The second-order valence-corrected chi connectivity index (χ2v) is 8.44. The van der Waals surface area contributed by atoms with Gasteiger partial charge in [-0.1, -0.05) is 25.6 Å². The van der Waals surface area contributed by atoms with Crippen molar-refractivity contribution in [2.45, 2.75) is 43.6 Å². The Kier molecular flexibility index (Phi) is 4.23. The maximum Gasteiger partial charge on any atom is 0.270 e. The van der Waals surface area contributed by atoms with Crippen LogP contribution in [0.1, 0.15) is 34.1 Å². The molecular formula is C8H18N2O3S2. The van der Waals surface area contributed by atoms with Gasteiger partial charge in [0.15, 0.2) is 5.17 Å². The van der Waals surface area contributed by atoms with Gasteiger partial charge in [-0.2, -0.15) is 8.42 Å². The smallest absolute Gasteiger partial charge is 0.270 e. The topological polar surface area (TPSA) is 104 Å². The molecule has 0 atom stereocenters.